The van der Waals surface area contributed by atoms with E-state index in [1.165, 1.54) is 11.1 Å². The van der Waals surface area contributed by atoms with Crippen LogP contribution in [0.15, 0.2) is 35.4 Å². The standard InChI is InChI=1S/C13H13Cl3/c1-8-2-4-9(5-3-8)10-6-12(15)13(16)7-11(10)14/h2-5,7,10,12-13H,6H2,1H3. The number of alkyl halides is 2. The van der Waals surface area contributed by atoms with Gasteiger partial charge in [0.1, 0.15) is 0 Å². The van der Waals surface area contributed by atoms with Crippen molar-refractivity contribution in [3.05, 3.63) is 46.5 Å². The van der Waals surface area contributed by atoms with Gasteiger partial charge in [-0.1, -0.05) is 47.5 Å². The van der Waals surface area contributed by atoms with Crippen molar-refractivity contribution in [1.29, 1.82) is 0 Å². The second-order valence-electron chi connectivity index (χ2n) is 4.21. The summed E-state index contributed by atoms with van der Waals surface area (Å²) in [4.78, 5) is 0. The molecule has 16 heavy (non-hydrogen) atoms. The van der Waals surface area contributed by atoms with Crippen molar-refractivity contribution in [1.82, 2.24) is 0 Å². The number of hydrogen-bond donors (Lipinski definition) is 0. The number of aryl methyl sites for hydroxylation is 1. The summed E-state index contributed by atoms with van der Waals surface area (Å²) in [7, 11) is 0. The smallest absolute Gasteiger partial charge is 0.0694 e. The van der Waals surface area contributed by atoms with Crippen LogP contribution in [0.1, 0.15) is 23.5 Å². The summed E-state index contributed by atoms with van der Waals surface area (Å²) in [5, 5.41) is 0.604. The van der Waals surface area contributed by atoms with Crippen LogP contribution < -0.4 is 0 Å². The van der Waals surface area contributed by atoms with Crippen LogP contribution in [-0.2, 0) is 0 Å². The highest BCUT2D eigenvalue weighted by atomic mass is 35.5. The Balaban J connectivity index is 2.28. The summed E-state index contributed by atoms with van der Waals surface area (Å²) in [5.41, 5.74) is 2.46. The third kappa shape index (κ3) is 2.56. The van der Waals surface area contributed by atoms with Crippen LogP contribution in [0.25, 0.3) is 0 Å². The molecule has 0 amide bonds. The highest BCUT2D eigenvalue weighted by Gasteiger charge is 2.28. The van der Waals surface area contributed by atoms with Crippen molar-refractivity contribution in [2.45, 2.75) is 30.0 Å². The molecule has 0 spiro atoms. The summed E-state index contributed by atoms with van der Waals surface area (Å²) < 4.78 is 0. The van der Waals surface area contributed by atoms with E-state index in [-0.39, 0.29) is 16.7 Å². The highest BCUT2D eigenvalue weighted by Crippen LogP contribution is 2.39. The summed E-state index contributed by atoms with van der Waals surface area (Å²) in [6, 6.07) is 8.40. The van der Waals surface area contributed by atoms with Crippen molar-refractivity contribution in [3.8, 4) is 0 Å². The molecule has 1 aliphatic carbocycles. The highest BCUT2D eigenvalue weighted by molar-refractivity contribution is 6.34. The Morgan fingerprint density at radius 3 is 2.38 bits per heavy atom. The van der Waals surface area contributed by atoms with Crippen molar-refractivity contribution in [2.24, 2.45) is 0 Å². The second kappa shape index (κ2) is 5.00. The molecule has 0 saturated carbocycles. The predicted molar refractivity (Wildman–Crippen MR) is 71.8 cm³/mol. The quantitative estimate of drug-likeness (QED) is 0.645. The summed E-state index contributed by atoms with van der Waals surface area (Å²) in [6.07, 6.45) is 2.66. The normalized spacial score (nSPS) is 30.0. The van der Waals surface area contributed by atoms with Gasteiger partial charge in [0.05, 0.1) is 10.8 Å². The molecule has 3 unspecified atom stereocenters. The van der Waals surface area contributed by atoms with Gasteiger partial charge in [-0.2, -0.15) is 0 Å². The Bertz CT molecular complexity index is 394. The van der Waals surface area contributed by atoms with Gasteiger partial charge in [0, 0.05) is 11.0 Å². The Hall–Kier alpha value is -0.170. The molecular formula is C13H13Cl3. The van der Waals surface area contributed by atoms with Crippen LogP contribution in [0, 0.1) is 6.92 Å². The zero-order valence-electron chi connectivity index (χ0n) is 8.96. The summed E-state index contributed by atoms with van der Waals surface area (Å²) >= 11 is 18.5. The number of hydrogen-bond acceptors (Lipinski definition) is 0. The van der Waals surface area contributed by atoms with Crippen LogP contribution in [0.4, 0.5) is 0 Å². The van der Waals surface area contributed by atoms with Crippen LogP contribution in [-0.4, -0.2) is 10.8 Å². The lowest BCUT2D eigenvalue weighted by Crippen LogP contribution is -2.22. The first-order valence-electron chi connectivity index (χ1n) is 5.30. The third-order valence-electron chi connectivity index (χ3n) is 2.94. The van der Waals surface area contributed by atoms with E-state index in [2.05, 4.69) is 31.2 Å². The molecule has 0 radical (unpaired) electrons. The third-order valence-corrected chi connectivity index (χ3v) is 4.34. The van der Waals surface area contributed by atoms with Crippen molar-refractivity contribution >= 4 is 34.8 Å². The Morgan fingerprint density at radius 2 is 1.75 bits per heavy atom. The fourth-order valence-electron chi connectivity index (χ4n) is 1.93. The Kier molecular flexibility index (Phi) is 3.84. The zero-order valence-corrected chi connectivity index (χ0v) is 11.2. The van der Waals surface area contributed by atoms with Gasteiger partial charge in [0.15, 0.2) is 0 Å². The number of benzene rings is 1. The first kappa shape index (κ1) is 12.3. The minimum absolute atomic E-state index is 0.0459. The fraction of sp³-hybridized carbons (Fsp3) is 0.385. The van der Waals surface area contributed by atoms with E-state index in [0.717, 1.165) is 11.5 Å². The van der Waals surface area contributed by atoms with E-state index in [9.17, 15) is 0 Å². The van der Waals surface area contributed by atoms with Crippen LogP contribution in [0.5, 0.6) is 0 Å². The summed E-state index contributed by atoms with van der Waals surface area (Å²) in [6.45, 7) is 2.07. The average molecular weight is 276 g/mol. The molecule has 0 saturated heterocycles. The predicted octanol–water partition coefficient (Wildman–Crippen LogP) is 4.82. The van der Waals surface area contributed by atoms with Gasteiger partial charge in [0.2, 0.25) is 0 Å². The fourth-order valence-corrected chi connectivity index (χ4v) is 2.84. The van der Waals surface area contributed by atoms with Crippen molar-refractivity contribution in [2.75, 3.05) is 0 Å². The van der Waals surface area contributed by atoms with E-state index >= 15 is 0 Å². The molecular weight excluding hydrogens is 263 g/mol. The lowest BCUT2D eigenvalue weighted by atomic mass is 9.88. The lowest BCUT2D eigenvalue weighted by molar-refractivity contribution is 0.656. The van der Waals surface area contributed by atoms with E-state index in [1.54, 1.807) is 0 Å². The van der Waals surface area contributed by atoms with Gasteiger partial charge in [0.25, 0.3) is 0 Å². The van der Waals surface area contributed by atoms with Crippen molar-refractivity contribution < 1.29 is 0 Å². The molecule has 2 rings (SSSR count). The maximum Gasteiger partial charge on any atom is 0.0694 e. The van der Waals surface area contributed by atoms with E-state index in [4.69, 9.17) is 34.8 Å². The molecule has 3 atom stereocenters. The molecule has 0 aromatic heterocycles. The molecule has 0 nitrogen and oxygen atoms in total. The number of allylic oxidation sites excluding steroid dienone is 2. The van der Waals surface area contributed by atoms with Crippen LogP contribution in [0.2, 0.25) is 0 Å². The SMILES string of the molecule is Cc1ccc(C2CC(Cl)C(Cl)C=C2Cl)cc1. The maximum atomic E-state index is 6.24. The largest absolute Gasteiger partial charge is 0.121 e. The first-order valence-corrected chi connectivity index (χ1v) is 6.55. The van der Waals surface area contributed by atoms with E-state index in [0.29, 0.717) is 0 Å². The topological polar surface area (TPSA) is 0 Å². The Morgan fingerprint density at radius 1 is 1.12 bits per heavy atom. The zero-order chi connectivity index (χ0) is 11.7. The lowest BCUT2D eigenvalue weighted by Gasteiger charge is -2.27. The van der Waals surface area contributed by atoms with Crippen LogP contribution >= 0.6 is 34.8 Å². The number of rotatable bonds is 1. The van der Waals surface area contributed by atoms with Gasteiger partial charge in [-0.15, -0.1) is 23.2 Å². The monoisotopic (exact) mass is 274 g/mol. The van der Waals surface area contributed by atoms with Gasteiger partial charge in [-0.3, -0.25) is 0 Å². The summed E-state index contributed by atoms with van der Waals surface area (Å²) in [5.74, 6) is 0.194. The molecule has 0 heterocycles. The van der Waals surface area contributed by atoms with Gasteiger partial charge in [-0.25, -0.2) is 0 Å². The maximum absolute atomic E-state index is 6.24. The molecule has 1 aromatic rings. The van der Waals surface area contributed by atoms with Crippen molar-refractivity contribution in [3.63, 3.8) is 0 Å². The van der Waals surface area contributed by atoms with E-state index in [1.807, 2.05) is 6.08 Å². The first-order chi connectivity index (χ1) is 7.58. The van der Waals surface area contributed by atoms with E-state index < -0.39 is 0 Å². The molecule has 0 aliphatic heterocycles. The number of halogens is 3. The molecule has 86 valence electrons. The minimum Gasteiger partial charge on any atom is -0.121 e. The molecule has 0 fully saturated rings. The Labute approximate surface area is 111 Å². The molecule has 3 heteroatoms. The van der Waals surface area contributed by atoms with Crippen LogP contribution in [0.3, 0.4) is 0 Å². The minimum atomic E-state index is -0.157. The molecule has 1 aliphatic rings. The molecule has 1 aromatic carbocycles. The van der Waals surface area contributed by atoms with Gasteiger partial charge >= 0.3 is 0 Å². The van der Waals surface area contributed by atoms with Gasteiger partial charge < -0.3 is 0 Å². The second-order valence-corrected chi connectivity index (χ2v) is 5.71. The average Bonchev–Trinajstić information content (AvgIpc) is 2.25. The van der Waals surface area contributed by atoms with Gasteiger partial charge in [-0.05, 0) is 18.9 Å². The molecule has 0 N–H and O–H groups in total. The molecule has 0 bridgehead atoms.